The van der Waals surface area contributed by atoms with Gasteiger partial charge in [0.25, 0.3) is 0 Å². The molecule has 2 heterocycles. The average molecular weight is 338 g/mol. The lowest BCUT2D eigenvalue weighted by atomic mass is 9.71. The highest BCUT2D eigenvalue weighted by atomic mass is 16.6. The van der Waals surface area contributed by atoms with Crippen LogP contribution >= 0.6 is 0 Å². The Morgan fingerprint density at radius 1 is 1.25 bits per heavy atom. The van der Waals surface area contributed by atoms with Crippen LogP contribution in [0.25, 0.3) is 0 Å². The molecular formula is C18H30N2O4. The molecule has 2 amide bonds. The van der Waals surface area contributed by atoms with E-state index < -0.39 is 0 Å². The van der Waals surface area contributed by atoms with Gasteiger partial charge >= 0.3 is 6.09 Å². The Balaban J connectivity index is 1.67. The van der Waals surface area contributed by atoms with Crippen LogP contribution in [0.4, 0.5) is 4.79 Å². The minimum Gasteiger partial charge on any atom is -0.450 e. The summed E-state index contributed by atoms with van der Waals surface area (Å²) in [4.78, 5) is 25.3. The molecule has 0 aromatic rings. The third-order valence-corrected chi connectivity index (χ3v) is 5.85. The smallest absolute Gasteiger partial charge is 0.409 e. The van der Waals surface area contributed by atoms with Crippen molar-refractivity contribution in [2.24, 2.45) is 5.92 Å². The number of nitrogens with one attached hydrogen (secondary N) is 1. The normalized spacial score (nSPS) is 32.1. The van der Waals surface area contributed by atoms with Gasteiger partial charge in [0, 0.05) is 32.0 Å². The van der Waals surface area contributed by atoms with Gasteiger partial charge in [-0.3, -0.25) is 4.79 Å². The number of hydrogen-bond acceptors (Lipinski definition) is 4. The van der Waals surface area contributed by atoms with E-state index in [2.05, 4.69) is 5.32 Å². The van der Waals surface area contributed by atoms with E-state index in [0.29, 0.717) is 25.6 Å². The summed E-state index contributed by atoms with van der Waals surface area (Å²) in [5, 5.41) is 3.18. The summed E-state index contributed by atoms with van der Waals surface area (Å²) < 4.78 is 11.7. The van der Waals surface area contributed by atoms with Crippen LogP contribution in [0.3, 0.4) is 0 Å². The molecule has 0 radical (unpaired) electrons. The first-order valence-electron chi connectivity index (χ1n) is 9.39. The molecule has 1 spiro atoms. The summed E-state index contributed by atoms with van der Waals surface area (Å²) in [5.74, 6) is 0.488. The first-order valence-corrected chi connectivity index (χ1v) is 9.39. The molecule has 0 aromatic heterocycles. The quantitative estimate of drug-likeness (QED) is 0.840. The number of carbonyl (C=O) groups excluding carboxylic acids is 2. The third-order valence-electron chi connectivity index (χ3n) is 5.85. The molecule has 2 saturated heterocycles. The van der Waals surface area contributed by atoms with Crippen molar-refractivity contribution >= 4 is 12.0 Å². The Morgan fingerprint density at radius 2 is 1.96 bits per heavy atom. The number of hydrogen-bond donors (Lipinski definition) is 1. The van der Waals surface area contributed by atoms with E-state index in [-0.39, 0.29) is 29.7 Å². The number of rotatable bonds is 2. The van der Waals surface area contributed by atoms with E-state index in [1.807, 2.05) is 6.92 Å². The van der Waals surface area contributed by atoms with Crippen LogP contribution in [-0.4, -0.2) is 54.3 Å². The Morgan fingerprint density at radius 3 is 2.62 bits per heavy atom. The van der Waals surface area contributed by atoms with Crippen LogP contribution in [0, 0.1) is 5.92 Å². The summed E-state index contributed by atoms with van der Waals surface area (Å²) >= 11 is 0. The standard InChI is InChI=1S/C18H30N2O4/c1-3-23-17(22)20-10-8-18(9-11-20)12-15(19-13(2)21)14-6-4-5-7-16(14)24-18/h14-16H,3-12H2,1-2H3,(H,19,21)/t14-,15+,16+/m0/s1. The molecule has 6 heteroatoms. The van der Waals surface area contributed by atoms with E-state index in [0.717, 1.165) is 32.1 Å². The number of nitrogens with zero attached hydrogens (tertiary/aromatic N) is 1. The summed E-state index contributed by atoms with van der Waals surface area (Å²) in [6.07, 6.45) is 7.20. The Labute approximate surface area is 144 Å². The van der Waals surface area contributed by atoms with Crippen molar-refractivity contribution in [1.29, 1.82) is 0 Å². The van der Waals surface area contributed by atoms with Crippen LogP contribution in [0.5, 0.6) is 0 Å². The minimum atomic E-state index is -0.225. The van der Waals surface area contributed by atoms with Gasteiger partial charge in [-0.25, -0.2) is 4.79 Å². The van der Waals surface area contributed by atoms with Gasteiger partial charge in [0.1, 0.15) is 0 Å². The molecule has 0 unspecified atom stereocenters. The Hall–Kier alpha value is -1.30. The molecule has 2 aliphatic heterocycles. The van der Waals surface area contributed by atoms with Crippen LogP contribution in [0.2, 0.25) is 0 Å². The molecule has 1 aliphatic carbocycles. The zero-order valence-corrected chi connectivity index (χ0v) is 14.9. The fourth-order valence-electron chi connectivity index (χ4n) is 4.71. The fraction of sp³-hybridized carbons (Fsp3) is 0.889. The first-order chi connectivity index (χ1) is 11.5. The summed E-state index contributed by atoms with van der Waals surface area (Å²) in [5.41, 5.74) is -0.200. The molecule has 1 N–H and O–H groups in total. The predicted molar refractivity (Wildman–Crippen MR) is 89.6 cm³/mol. The van der Waals surface area contributed by atoms with E-state index >= 15 is 0 Å². The number of amides is 2. The number of likely N-dealkylation sites (tertiary alicyclic amines) is 1. The van der Waals surface area contributed by atoms with Crippen LogP contribution in [0.1, 0.15) is 58.8 Å². The van der Waals surface area contributed by atoms with Gasteiger partial charge in [0.15, 0.2) is 0 Å². The second-order valence-electron chi connectivity index (χ2n) is 7.48. The first kappa shape index (κ1) is 17.5. The van der Waals surface area contributed by atoms with Gasteiger partial charge in [-0.15, -0.1) is 0 Å². The lowest BCUT2D eigenvalue weighted by Crippen LogP contribution is -2.60. The number of fused-ring (bicyclic) bond motifs is 1. The van der Waals surface area contributed by atoms with Gasteiger partial charge < -0.3 is 19.7 Å². The average Bonchev–Trinajstić information content (AvgIpc) is 2.55. The molecule has 3 atom stereocenters. The molecule has 0 aromatic carbocycles. The van der Waals surface area contributed by atoms with Crippen molar-refractivity contribution in [2.45, 2.75) is 76.5 Å². The van der Waals surface area contributed by atoms with Crippen molar-refractivity contribution < 1.29 is 19.1 Å². The fourth-order valence-corrected chi connectivity index (χ4v) is 4.71. The van der Waals surface area contributed by atoms with E-state index in [1.54, 1.807) is 11.8 Å². The zero-order chi connectivity index (χ0) is 17.2. The van der Waals surface area contributed by atoms with Crippen LogP contribution in [0.15, 0.2) is 0 Å². The Kier molecular flexibility index (Phi) is 5.33. The lowest BCUT2D eigenvalue weighted by molar-refractivity contribution is -0.191. The SMILES string of the molecule is CCOC(=O)N1CCC2(CC1)C[C@@H](NC(C)=O)[C@@H]1CCCC[C@H]1O2. The maximum atomic E-state index is 11.9. The highest BCUT2D eigenvalue weighted by Crippen LogP contribution is 2.44. The van der Waals surface area contributed by atoms with Crippen molar-refractivity contribution in [3.63, 3.8) is 0 Å². The van der Waals surface area contributed by atoms with E-state index in [4.69, 9.17) is 9.47 Å². The zero-order valence-electron chi connectivity index (χ0n) is 14.9. The second-order valence-corrected chi connectivity index (χ2v) is 7.48. The monoisotopic (exact) mass is 338 g/mol. The topological polar surface area (TPSA) is 67.9 Å². The highest BCUT2D eigenvalue weighted by molar-refractivity contribution is 5.73. The second kappa shape index (κ2) is 7.30. The number of ether oxygens (including phenoxy) is 2. The van der Waals surface area contributed by atoms with Crippen molar-refractivity contribution in [2.75, 3.05) is 19.7 Å². The number of carbonyl (C=O) groups is 2. The van der Waals surface area contributed by atoms with Crippen LogP contribution < -0.4 is 5.32 Å². The van der Waals surface area contributed by atoms with Gasteiger partial charge in [0.2, 0.25) is 5.91 Å². The van der Waals surface area contributed by atoms with Crippen molar-refractivity contribution in [1.82, 2.24) is 10.2 Å². The Bertz CT molecular complexity index is 474. The molecule has 3 fully saturated rings. The van der Waals surface area contributed by atoms with Gasteiger partial charge in [0.05, 0.1) is 18.3 Å². The third kappa shape index (κ3) is 3.68. The van der Waals surface area contributed by atoms with Gasteiger partial charge in [-0.2, -0.15) is 0 Å². The maximum Gasteiger partial charge on any atom is 0.409 e. The minimum absolute atomic E-state index is 0.0466. The highest BCUT2D eigenvalue weighted by Gasteiger charge is 2.49. The van der Waals surface area contributed by atoms with Crippen LogP contribution in [-0.2, 0) is 14.3 Å². The summed E-state index contributed by atoms with van der Waals surface area (Å²) in [6.45, 7) is 5.18. The molecular weight excluding hydrogens is 308 g/mol. The molecule has 0 bridgehead atoms. The van der Waals surface area contributed by atoms with Crippen molar-refractivity contribution in [3.05, 3.63) is 0 Å². The van der Waals surface area contributed by atoms with Gasteiger partial charge in [-0.05, 0) is 39.0 Å². The predicted octanol–water partition coefficient (Wildman–Crippen LogP) is 2.46. The van der Waals surface area contributed by atoms with Gasteiger partial charge in [-0.1, -0.05) is 12.8 Å². The molecule has 24 heavy (non-hydrogen) atoms. The maximum absolute atomic E-state index is 11.9. The summed E-state index contributed by atoms with van der Waals surface area (Å²) in [6, 6.07) is 0.204. The molecule has 136 valence electrons. The largest absolute Gasteiger partial charge is 0.450 e. The van der Waals surface area contributed by atoms with E-state index in [1.165, 1.54) is 12.8 Å². The molecule has 6 nitrogen and oxygen atoms in total. The van der Waals surface area contributed by atoms with Crippen molar-refractivity contribution in [3.8, 4) is 0 Å². The number of piperidine rings is 1. The lowest BCUT2D eigenvalue weighted by Gasteiger charge is -2.53. The summed E-state index contributed by atoms with van der Waals surface area (Å²) in [7, 11) is 0. The molecule has 1 saturated carbocycles. The van der Waals surface area contributed by atoms with E-state index in [9.17, 15) is 9.59 Å². The molecule has 3 aliphatic rings. The molecule has 3 rings (SSSR count).